The average Bonchev–Trinajstić information content (AvgIpc) is 2.82. The maximum Gasteiger partial charge on any atom is 0.162 e. The summed E-state index contributed by atoms with van der Waals surface area (Å²) in [4.78, 5) is 15.4. The summed E-state index contributed by atoms with van der Waals surface area (Å²) in [6.45, 7) is 7.66. The first-order valence-electron chi connectivity index (χ1n) is 11.9. The Morgan fingerprint density at radius 1 is 1.11 bits per heavy atom. The van der Waals surface area contributed by atoms with Gasteiger partial charge in [-0.05, 0) is 42.0 Å². The molecule has 2 aromatic carbocycles. The lowest BCUT2D eigenvalue weighted by atomic mass is 9.68. The second-order valence-electron chi connectivity index (χ2n) is 10.1. The molecule has 35 heavy (non-hydrogen) atoms. The molecule has 4 rings (SSSR count). The number of allylic oxidation sites excluding steroid dienone is 3. The number of hydrogen-bond acceptors (Lipinski definition) is 6. The molecule has 0 spiro atoms. The minimum Gasteiger partial charge on any atom is -0.489 e. The van der Waals surface area contributed by atoms with Gasteiger partial charge in [-0.25, -0.2) is 0 Å². The molecule has 6 heteroatoms. The molecule has 0 unspecified atom stereocenters. The normalized spacial score (nSPS) is 19.5. The smallest absolute Gasteiger partial charge is 0.162 e. The highest BCUT2D eigenvalue weighted by Crippen LogP contribution is 2.49. The van der Waals surface area contributed by atoms with Gasteiger partial charge in [0.1, 0.15) is 18.2 Å². The molecule has 0 saturated carbocycles. The van der Waals surface area contributed by atoms with Crippen molar-refractivity contribution in [2.24, 2.45) is 11.1 Å². The fraction of sp³-hybridized carbons (Fsp3) is 0.379. The molecule has 0 saturated heterocycles. The molecule has 2 N–H and O–H groups in total. The molecule has 1 atom stereocenters. The molecule has 0 amide bonds. The summed E-state index contributed by atoms with van der Waals surface area (Å²) in [5, 5.41) is 10.1. The number of hydrogen-bond donors (Lipinski definition) is 1. The number of nitrogens with two attached hydrogens (primary N) is 1. The number of rotatable bonds is 7. The third kappa shape index (κ3) is 5.11. The first kappa shape index (κ1) is 24.6. The molecule has 2 aliphatic rings. The molecule has 182 valence electrons. The van der Waals surface area contributed by atoms with Crippen molar-refractivity contribution in [2.75, 3.05) is 20.3 Å². The van der Waals surface area contributed by atoms with Crippen LogP contribution in [0.25, 0.3) is 0 Å². The Hall–Kier alpha value is -3.56. The largest absolute Gasteiger partial charge is 0.489 e. The number of nitrogens with zero attached hydrogens (tertiary/aromatic N) is 2. The maximum atomic E-state index is 13.5. The van der Waals surface area contributed by atoms with E-state index in [1.165, 1.54) is 5.56 Å². The van der Waals surface area contributed by atoms with Gasteiger partial charge in [-0.3, -0.25) is 4.79 Å². The van der Waals surface area contributed by atoms with Gasteiger partial charge in [0.2, 0.25) is 0 Å². The van der Waals surface area contributed by atoms with E-state index in [9.17, 15) is 10.1 Å². The van der Waals surface area contributed by atoms with E-state index in [4.69, 9.17) is 15.2 Å². The van der Waals surface area contributed by atoms with Crippen molar-refractivity contribution < 1.29 is 14.3 Å². The molecule has 2 aromatic rings. The number of carbonyl (C=O) groups excluding carboxylic acids is 1. The minimum atomic E-state index is -0.483. The van der Waals surface area contributed by atoms with Crippen molar-refractivity contribution in [3.8, 4) is 11.8 Å². The molecule has 0 radical (unpaired) electrons. The quantitative estimate of drug-likeness (QED) is 0.614. The van der Waals surface area contributed by atoms with E-state index in [1.54, 1.807) is 7.11 Å². The van der Waals surface area contributed by atoms with E-state index < -0.39 is 5.92 Å². The number of Topliss-reactive ketones (excluding diaryl/α,β-unsaturated/α-hetero) is 1. The molecule has 0 bridgehead atoms. The number of ketones is 1. The van der Waals surface area contributed by atoms with Crippen molar-refractivity contribution >= 4 is 5.78 Å². The highest BCUT2D eigenvalue weighted by atomic mass is 16.5. The lowest BCUT2D eigenvalue weighted by Crippen LogP contribution is -2.43. The molecule has 1 aliphatic heterocycles. The molecular formula is C29H33N3O3. The Morgan fingerprint density at radius 2 is 1.80 bits per heavy atom. The summed E-state index contributed by atoms with van der Waals surface area (Å²) in [5.41, 5.74) is 11.5. The van der Waals surface area contributed by atoms with E-state index in [1.807, 2.05) is 29.2 Å². The summed E-state index contributed by atoms with van der Waals surface area (Å²) >= 11 is 0. The third-order valence-electron chi connectivity index (χ3n) is 6.75. The van der Waals surface area contributed by atoms with Gasteiger partial charge >= 0.3 is 0 Å². The molecule has 0 fully saturated rings. The summed E-state index contributed by atoms with van der Waals surface area (Å²) < 4.78 is 11.2. The highest BCUT2D eigenvalue weighted by molar-refractivity contribution is 6.00. The van der Waals surface area contributed by atoms with Gasteiger partial charge in [0.25, 0.3) is 0 Å². The van der Waals surface area contributed by atoms with Gasteiger partial charge < -0.3 is 20.1 Å². The van der Waals surface area contributed by atoms with E-state index in [0.29, 0.717) is 49.6 Å². The predicted octanol–water partition coefficient (Wildman–Crippen LogP) is 4.96. The Labute approximate surface area is 207 Å². The van der Waals surface area contributed by atoms with Crippen molar-refractivity contribution in [3.63, 3.8) is 0 Å². The number of ether oxygens (including phenoxy) is 2. The molecule has 1 heterocycles. The Balaban J connectivity index is 1.67. The van der Waals surface area contributed by atoms with E-state index in [2.05, 4.69) is 51.1 Å². The fourth-order valence-corrected chi connectivity index (χ4v) is 4.95. The van der Waals surface area contributed by atoms with Gasteiger partial charge in [0, 0.05) is 31.3 Å². The summed E-state index contributed by atoms with van der Waals surface area (Å²) in [6, 6.07) is 18.2. The van der Waals surface area contributed by atoms with E-state index in [0.717, 1.165) is 22.6 Å². The standard InChI is InChI=1S/C29H33N3O3/c1-19-5-7-20(8-6-19)18-35-22-11-9-21(10-12-22)26-23(17-30)28(31)32(13-14-34-4)24-15-29(2,3)16-25(33)27(24)26/h5-12,26H,13-16,18,31H2,1-4H3/t26-/m0/s1. The number of carbonyl (C=O) groups is 1. The summed E-state index contributed by atoms with van der Waals surface area (Å²) in [6.07, 6.45) is 1.16. The van der Waals surface area contributed by atoms with Crippen LogP contribution in [0.5, 0.6) is 5.75 Å². The molecule has 0 aromatic heterocycles. The van der Waals surface area contributed by atoms with E-state index >= 15 is 0 Å². The zero-order chi connectivity index (χ0) is 25.2. The Bertz CT molecular complexity index is 1200. The second kappa shape index (κ2) is 9.97. The number of methoxy groups -OCH3 is 1. The van der Waals surface area contributed by atoms with Crippen LogP contribution in [0.1, 0.15) is 49.3 Å². The monoisotopic (exact) mass is 471 g/mol. The zero-order valence-electron chi connectivity index (χ0n) is 20.9. The van der Waals surface area contributed by atoms with Crippen LogP contribution in [-0.4, -0.2) is 30.9 Å². The van der Waals surface area contributed by atoms with Gasteiger partial charge in [-0.1, -0.05) is 55.8 Å². The topological polar surface area (TPSA) is 88.6 Å². The number of nitriles is 1. The van der Waals surface area contributed by atoms with Crippen LogP contribution in [-0.2, 0) is 16.1 Å². The molecule has 6 nitrogen and oxygen atoms in total. The molecular weight excluding hydrogens is 438 g/mol. The van der Waals surface area contributed by atoms with Gasteiger partial charge in [-0.15, -0.1) is 0 Å². The van der Waals surface area contributed by atoms with Crippen LogP contribution >= 0.6 is 0 Å². The molecule has 1 aliphatic carbocycles. The van der Waals surface area contributed by atoms with E-state index in [-0.39, 0.29) is 11.2 Å². The van der Waals surface area contributed by atoms with Crippen LogP contribution in [0, 0.1) is 23.7 Å². The van der Waals surface area contributed by atoms with Gasteiger partial charge in [0.05, 0.1) is 24.2 Å². The number of benzene rings is 2. The summed E-state index contributed by atoms with van der Waals surface area (Å²) in [5.74, 6) is 0.721. The lowest BCUT2D eigenvalue weighted by molar-refractivity contribution is -0.118. The van der Waals surface area contributed by atoms with Gasteiger partial charge in [-0.2, -0.15) is 5.26 Å². The maximum absolute atomic E-state index is 13.5. The Kier molecular flexibility index (Phi) is 7.00. The number of aryl methyl sites for hydroxylation is 1. The van der Waals surface area contributed by atoms with Crippen molar-refractivity contribution in [2.45, 2.75) is 46.1 Å². The fourth-order valence-electron chi connectivity index (χ4n) is 4.95. The lowest BCUT2D eigenvalue weighted by Gasteiger charge is -2.43. The SMILES string of the molecule is COCCN1C(N)=C(C#N)[C@H](c2ccc(OCc3ccc(C)cc3)cc2)C2=C1CC(C)(C)CC2=O. The van der Waals surface area contributed by atoms with Crippen molar-refractivity contribution in [1.29, 1.82) is 5.26 Å². The predicted molar refractivity (Wildman–Crippen MR) is 135 cm³/mol. The third-order valence-corrected chi connectivity index (χ3v) is 6.75. The second-order valence-corrected chi connectivity index (χ2v) is 10.1. The van der Waals surface area contributed by atoms with Crippen LogP contribution in [0.4, 0.5) is 0 Å². The Morgan fingerprint density at radius 3 is 2.43 bits per heavy atom. The van der Waals surface area contributed by atoms with Crippen LogP contribution < -0.4 is 10.5 Å². The van der Waals surface area contributed by atoms with Gasteiger partial charge in [0.15, 0.2) is 5.78 Å². The van der Waals surface area contributed by atoms with Crippen molar-refractivity contribution in [3.05, 3.63) is 87.9 Å². The zero-order valence-corrected chi connectivity index (χ0v) is 20.9. The van der Waals surface area contributed by atoms with Crippen molar-refractivity contribution in [1.82, 2.24) is 4.90 Å². The van der Waals surface area contributed by atoms with Crippen LogP contribution in [0.3, 0.4) is 0 Å². The highest BCUT2D eigenvalue weighted by Gasteiger charge is 2.44. The van der Waals surface area contributed by atoms with Crippen LogP contribution in [0.15, 0.2) is 71.2 Å². The first-order chi connectivity index (χ1) is 16.7. The minimum absolute atomic E-state index is 0.0728. The average molecular weight is 472 g/mol. The summed E-state index contributed by atoms with van der Waals surface area (Å²) in [7, 11) is 1.63. The first-order valence-corrected chi connectivity index (χ1v) is 11.9. The van der Waals surface area contributed by atoms with Crippen LogP contribution in [0.2, 0.25) is 0 Å².